The largest absolute Gasteiger partial charge is 0.505 e. The smallest absolute Gasteiger partial charge is 0.342 e. The fourth-order valence-electron chi connectivity index (χ4n) is 8.60. The van der Waals surface area contributed by atoms with Crippen LogP contribution >= 0.6 is 23.2 Å². The molecule has 72 heavy (non-hydrogen) atoms. The Labute approximate surface area is 431 Å². The zero-order valence-corrected chi connectivity index (χ0v) is 44.5. The van der Waals surface area contributed by atoms with Gasteiger partial charge in [0.2, 0.25) is 0 Å². The SMILES string of the molecule is CCc1c(Cl)c(O)c(Cl)c(O)c1C(=O)O[C@H]1[C@H](O)[C@H](OC)[C@H](OC/C2=C\C=C/C[C@H](O)/C(C)=C/[C@H](CC)[C@@H](O[C@@H]3OC(C)(C)[C@@H](OC(=O)C(C)C)[C@H](O)[C@@H]3O)/C(C)=C/C(C)=C/CC([C@@H](C)O)OC2=O)O[C@@H]1C. The summed E-state index contributed by atoms with van der Waals surface area (Å²) in [4.78, 5) is 40.0. The molecule has 20 heteroatoms. The first-order valence-corrected chi connectivity index (χ1v) is 24.9. The van der Waals surface area contributed by atoms with E-state index in [1.807, 2.05) is 32.9 Å². The average molecular weight is 1060 g/mol. The van der Waals surface area contributed by atoms with Crippen molar-refractivity contribution < 1.29 is 88.0 Å². The van der Waals surface area contributed by atoms with Crippen LogP contribution in [0.1, 0.15) is 111 Å². The van der Waals surface area contributed by atoms with Gasteiger partial charge in [0.1, 0.15) is 46.7 Å². The van der Waals surface area contributed by atoms with Crippen molar-refractivity contribution in [3.05, 3.63) is 79.9 Å². The maximum Gasteiger partial charge on any atom is 0.342 e. The molecule has 18 nitrogen and oxygen atoms in total. The molecule has 3 heterocycles. The number of aliphatic hydroxyl groups excluding tert-OH is 5. The number of halogens is 2. The van der Waals surface area contributed by atoms with Gasteiger partial charge in [0.15, 0.2) is 36.3 Å². The molecule has 0 amide bonds. The van der Waals surface area contributed by atoms with Gasteiger partial charge in [0.05, 0.1) is 47.5 Å². The van der Waals surface area contributed by atoms with Gasteiger partial charge < -0.3 is 73.6 Å². The van der Waals surface area contributed by atoms with Crippen LogP contribution in [0.5, 0.6) is 11.5 Å². The molecule has 7 N–H and O–H groups in total. The molecule has 0 radical (unpaired) electrons. The number of rotatable bonds is 13. The van der Waals surface area contributed by atoms with Gasteiger partial charge in [-0.3, -0.25) is 4.79 Å². The van der Waals surface area contributed by atoms with Crippen LogP contribution in [0.3, 0.4) is 0 Å². The first-order valence-electron chi connectivity index (χ1n) is 24.2. The van der Waals surface area contributed by atoms with Crippen LogP contribution in [0.15, 0.2) is 58.7 Å². The van der Waals surface area contributed by atoms with Crippen molar-refractivity contribution in [1.82, 2.24) is 0 Å². The highest BCUT2D eigenvalue weighted by atomic mass is 35.5. The van der Waals surface area contributed by atoms with Crippen molar-refractivity contribution in [3.63, 3.8) is 0 Å². The molecule has 14 atom stereocenters. The predicted molar refractivity (Wildman–Crippen MR) is 265 cm³/mol. The Kier molecular flexibility index (Phi) is 22.4. The van der Waals surface area contributed by atoms with Crippen molar-refractivity contribution in [2.45, 2.75) is 187 Å². The Morgan fingerprint density at radius 1 is 0.903 bits per heavy atom. The Balaban J connectivity index is 1.61. The Bertz CT molecular complexity index is 2220. The number of phenolic OH excluding ortho intramolecular Hbond substituents is 2. The summed E-state index contributed by atoms with van der Waals surface area (Å²) in [5, 5.41) is 76.5. The van der Waals surface area contributed by atoms with Gasteiger partial charge in [0, 0.05) is 19.4 Å². The number of aromatic hydroxyl groups is 2. The lowest BCUT2D eigenvalue weighted by Crippen LogP contribution is -2.64. The number of cyclic esters (lactones) is 1. The highest BCUT2D eigenvalue weighted by Crippen LogP contribution is 2.45. The van der Waals surface area contributed by atoms with Crippen LogP contribution in [0.25, 0.3) is 0 Å². The summed E-state index contributed by atoms with van der Waals surface area (Å²) in [6.07, 6.45) is -5.45. The highest BCUT2D eigenvalue weighted by molar-refractivity contribution is 6.39. The minimum Gasteiger partial charge on any atom is -0.505 e. The zero-order valence-electron chi connectivity index (χ0n) is 43.0. The van der Waals surface area contributed by atoms with E-state index in [4.69, 9.17) is 61.1 Å². The van der Waals surface area contributed by atoms with Gasteiger partial charge in [-0.2, -0.15) is 0 Å². The van der Waals surface area contributed by atoms with E-state index in [2.05, 4.69) is 0 Å². The monoisotopic (exact) mass is 1060 g/mol. The molecule has 0 spiro atoms. The molecule has 1 aromatic carbocycles. The summed E-state index contributed by atoms with van der Waals surface area (Å²) in [6, 6.07) is 0. The van der Waals surface area contributed by atoms with Crippen LogP contribution < -0.4 is 0 Å². The molecular weight excluding hydrogens is 983 g/mol. The van der Waals surface area contributed by atoms with E-state index < -0.39 is 144 Å². The first-order chi connectivity index (χ1) is 33.7. The number of aliphatic hydroxyl groups is 5. The van der Waals surface area contributed by atoms with E-state index in [9.17, 15) is 50.1 Å². The van der Waals surface area contributed by atoms with Crippen LogP contribution in [0.4, 0.5) is 0 Å². The van der Waals surface area contributed by atoms with Crippen LogP contribution in [-0.2, 0) is 53.9 Å². The Morgan fingerprint density at radius 2 is 1.57 bits per heavy atom. The lowest BCUT2D eigenvalue weighted by atomic mass is 9.88. The van der Waals surface area contributed by atoms with Gasteiger partial charge in [-0.1, -0.05) is 86.9 Å². The van der Waals surface area contributed by atoms with Gasteiger partial charge in [-0.15, -0.1) is 0 Å². The molecule has 0 saturated carbocycles. The van der Waals surface area contributed by atoms with E-state index in [1.165, 1.54) is 33.1 Å². The fourth-order valence-corrected chi connectivity index (χ4v) is 9.16. The molecule has 0 aliphatic carbocycles. The third-order valence-corrected chi connectivity index (χ3v) is 13.8. The van der Waals surface area contributed by atoms with Gasteiger partial charge in [-0.05, 0) is 90.5 Å². The molecule has 3 aliphatic heterocycles. The minimum atomic E-state index is -1.61. The van der Waals surface area contributed by atoms with Crippen molar-refractivity contribution in [2.75, 3.05) is 13.7 Å². The molecule has 3 aliphatic rings. The Hall–Kier alpha value is -3.89. The minimum absolute atomic E-state index is 0.0372. The van der Waals surface area contributed by atoms with Crippen molar-refractivity contribution in [2.24, 2.45) is 11.8 Å². The topological polar surface area (TPSA) is 267 Å². The number of carbonyl (C=O) groups excluding carboxylic acids is 3. The van der Waals surface area contributed by atoms with E-state index in [1.54, 1.807) is 53.7 Å². The number of esters is 3. The third-order valence-electron chi connectivity index (χ3n) is 13.0. The van der Waals surface area contributed by atoms with Crippen LogP contribution in [-0.4, -0.2) is 153 Å². The molecule has 2 saturated heterocycles. The number of ether oxygens (including phenoxy) is 8. The molecular formula is C52H74Cl2O18. The number of hydrogen-bond donors (Lipinski definition) is 7. The zero-order chi connectivity index (χ0) is 54.1. The number of benzene rings is 1. The van der Waals surface area contributed by atoms with E-state index in [0.29, 0.717) is 23.1 Å². The maximum atomic E-state index is 13.9. The summed E-state index contributed by atoms with van der Waals surface area (Å²) in [5.74, 6) is -4.78. The van der Waals surface area contributed by atoms with E-state index in [0.717, 1.165) is 0 Å². The summed E-state index contributed by atoms with van der Waals surface area (Å²) >= 11 is 12.3. The summed E-state index contributed by atoms with van der Waals surface area (Å²) in [6.45, 7) is 18.1. The molecule has 4 rings (SSSR count). The second kappa shape index (κ2) is 26.5. The number of phenols is 2. The number of carbonyl (C=O) groups is 3. The summed E-state index contributed by atoms with van der Waals surface area (Å²) in [5.41, 5.74) is 0.318. The molecule has 1 aromatic rings. The lowest BCUT2D eigenvalue weighted by molar-refractivity contribution is -0.333. The predicted octanol–water partition coefficient (Wildman–Crippen LogP) is 6.23. The first kappa shape index (κ1) is 60.7. The molecule has 404 valence electrons. The molecule has 0 bridgehead atoms. The number of allylic oxidation sites excluding steroid dienone is 4. The molecule has 2 fully saturated rings. The van der Waals surface area contributed by atoms with Crippen molar-refractivity contribution in [3.8, 4) is 11.5 Å². The second-order valence-electron chi connectivity index (χ2n) is 19.4. The normalized spacial score (nSPS) is 34.8. The van der Waals surface area contributed by atoms with Gasteiger partial charge in [0.25, 0.3) is 0 Å². The van der Waals surface area contributed by atoms with Crippen molar-refractivity contribution in [1.29, 1.82) is 0 Å². The number of methoxy groups -OCH3 is 1. The Morgan fingerprint density at radius 3 is 2.17 bits per heavy atom. The second-order valence-corrected chi connectivity index (χ2v) is 20.1. The van der Waals surface area contributed by atoms with Gasteiger partial charge in [-0.25, -0.2) is 9.59 Å². The summed E-state index contributed by atoms with van der Waals surface area (Å²) < 4.78 is 47.5. The maximum absolute atomic E-state index is 13.9. The van der Waals surface area contributed by atoms with E-state index in [-0.39, 0.29) is 35.4 Å². The molecule has 0 aromatic heterocycles. The fraction of sp³-hybridized carbons (Fsp3) is 0.635. The lowest BCUT2D eigenvalue weighted by Gasteiger charge is -2.47. The third kappa shape index (κ3) is 14.7. The average Bonchev–Trinajstić information content (AvgIpc) is 3.32. The van der Waals surface area contributed by atoms with Crippen LogP contribution in [0, 0.1) is 11.8 Å². The standard InChI is InChI=1S/C52H74Cl2O18/c1-13-30-22-26(6)33(56)18-16-15-17-31(23-66-51-45(65-12)42(61)44(29(9)67-51)69-49(64)35-32(14-2)36(53)39(58)37(54)38(35)57)48(63)68-34(28(8)55)20-19-25(5)21-27(7)43(30)70-50-41(60)40(59)46(52(10,11)72-50)71-47(62)24(3)4/h15-17,19,21-22,24,28-30,33-34,40-46,50-51,55-61H,13-14,18,20,23H2,1-12H3/b16-15-,25-19+,26-22+,27-21+,31-17+/t28-,29-,30+,33+,34?,40-,41+,42+,43+,44-,45+,46+,50-,51-/m1/s1. The van der Waals surface area contributed by atoms with Crippen LogP contribution in [0.2, 0.25) is 10.0 Å². The quantitative estimate of drug-likeness (QED) is 0.0655. The van der Waals surface area contributed by atoms with Gasteiger partial charge >= 0.3 is 17.9 Å². The molecule has 1 unspecified atom stereocenters. The van der Waals surface area contributed by atoms with Crippen molar-refractivity contribution >= 4 is 41.1 Å². The van der Waals surface area contributed by atoms with E-state index >= 15 is 0 Å². The highest BCUT2D eigenvalue weighted by Gasteiger charge is 2.53. The number of hydrogen-bond acceptors (Lipinski definition) is 18. The summed E-state index contributed by atoms with van der Waals surface area (Å²) in [7, 11) is 1.26.